The summed E-state index contributed by atoms with van der Waals surface area (Å²) in [6, 6.07) is 11.4. The van der Waals surface area contributed by atoms with Gasteiger partial charge in [0, 0.05) is 15.7 Å². The molecule has 2 aromatic rings. The minimum atomic E-state index is -0.171. The highest BCUT2D eigenvalue weighted by molar-refractivity contribution is 9.10. The molecule has 0 radical (unpaired) electrons. The SMILES string of the molecule is Cc1cc(Br)c(CC(=O)Nc2ccc(C3=NCC(=O)NN3)cc2)cc1C. The van der Waals surface area contributed by atoms with E-state index >= 15 is 0 Å². The fourth-order valence-electron chi connectivity index (χ4n) is 2.59. The molecule has 3 rings (SSSR count). The number of amidine groups is 1. The van der Waals surface area contributed by atoms with Crippen molar-refractivity contribution >= 4 is 39.3 Å². The lowest BCUT2D eigenvalue weighted by Crippen LogP contribution is -2.47. The Labute approximate surface area is 160 Å². The van der Waals surface area contributed by atoms with Crippen molar-refractivity contribution in [1.29, 1.82) is 0 Å². The summed E-state index contributed by atoms with van der Waals surface area (Å²) in [7, 11) is 0. The number of hydrazine groups is 1. The van der Waals surface area contributed by atoms with Gasteiger partial charge < -0.3 is 5.32 Å². The molecule has 0 atom stereocenters. The summed E-state index contributed by atoms with van der Waals surface area (Å²) in [6.07, 6.45) is 0.295. The smallest absolute Gasteiger partial charge is 0.260 e. The molecule has 0 fully saturated rings. The minimum absolute atomic E-state index is 0.0814. The van der Waals surface area contributed by atoms with Gasteiger partial charge in [-0.1, -0.05) is 22.0 Å². The number of benzene rings is 2. The predicted molar refractivity (Wildman–Crippen MR) is 105 cm³/mol. The average Bonchev–Trinajstić information content (AvgIpc) is 2.61. The van der Waals surface area contributed by atoms with Crippen molar-refractivity contribution in [3.8, 4) is 0 Å². The molecule has 2 amide bonds. The third-order valence-corrected chi connectivity index (χ3v) is 4.90. The lowest BCUT2D eigenvalue weighted by atomic mass is 10.0. The molecule has 3 N–H and O–H groups in total. The van der Waals surface area contributed by atoms with Gasteiger partial charge in [0.2, 0.25) is 5.91 Å². The molecule has 0 saturated heterocycles. The highest BCUT2D eigenvalue weighted by Gasteiger charge is 2.12. The van der Waals surface area contributed by atoms with Gasteiger partial charge in [0.15, 0.2) is 0 Å². The van der Waals surface area contributed by atoms with Crippen LogP contribution in [-0.4, -0.2) is 24.2 Å². The Morgan fingerprint density at radius 2 is 1.85 bits per heavy atom. The molecular formula is C19H19BrN4O2. The van der Waals surface area contributed by atoms with Crippen LogP contribution in [0.2, 0.25) is 0 Å². The number of aliphatic imine (C=N–C) groups is 1. The monoisotopic (exact) mass is 414 g/mol. The number of nitrogens with zero attached hydrogens (tertiary/aromatic N) is 1. The Kier molecular flexibility index (Phi) is 5.37. The molecule has 1 aliphatic rings. The number of halogens is 1. The summed E-state index contributed by atoms with van der Waals surface area (Å²) >= 11 is 3.52. The maximum atomic E-state index is 12.3. The van der Waals surface area contributed by atoms with Crippen LogP contribution in [0.3, 0.4) is 0 Å². The fourth-order valence-corrected chi connectivity index (χ4v) is 3.19. The van der Waals surface area contributed by atoms with Crippen LogP contribution in [0.15, 0.2) is 45.9 Å². The first kappa shape index (κ1) is 18.1. The number of amides is 2. The largest absolute Gasteiger partial charge is 0.326 e. The summed E-state index contributed by atoms with van der Waals surface area (Å²) in [5.74, 6) is 0.346. The zero-order valence-electron chi connectivity index (χ0n) is 14.5. The van der Waals surface area contributed by atoms with Crippen molar-refractivity contribution in [2.24, 2.45) is 4.99 Å². The Morgan fingerprint density at radius 1 is 1.15 bits per heavy atom. The van der Waals surface area contributed by atoms with E-state index in [-0.39, 0.29) is 18.4 Å². The summed E-state index contributed by atoms with van der Waals surface area (Å²) in [5, 5.41) is 2.90. The molecule has 0 aromatic heterocycles. The zero-order chi connectivity index (χ0) is 18.7. The van der Waals surface area contributed by atoms with Crippen LogP contribution >= 0.6 is 15.9 Å². The van der Waals surface area contributed by atoms with Crippen molar-refractivity contribution < 1.29 is 9.59 Å². The molecule has 1 aliphatic heterocycles. The summed E-state index contributed by atoms with van der Waals surface area (Å²) in [5.41, 5.74) is 10.1. The second-order valence-corrected chi connectivity index (χ2v) is 7.02. The molecule has 0 unspecified atom stereocenters. The van der Waals surface area contributed by atoms with Gasteiger partial charge in [-0.2, -0.15) is 0 Å². The molecule has 0 spiro atoms. The van der Waals surface area contributed by atoms with E-state index in [1.165, 1.54) is 5.56 Å². The van der Waals surface area contributed by atoms with Gasteiger partial charge in [0.05, 0.1) is 6.42 Å². The van der Waals surface area contributed by atoms with E-state index in [2.05, 4.69) is 37.1 Å². The standard InChI is InChI=1S/C19H19BrN4O2/c1-11-7-14(16(20)8-12(11)2)9-17(25)22-15-5-3-13(4-6-15)19-21-10-18(26)23-24-19/h3-8H,9-10H2,1-2H3,(H,21,24)(H,22,25)(H,23,26). The number of hydrogen-bond donors (Lipinski definition) is 3. The van der Waals surface area contributed by atoms with Crippen LogP contribution < -0.4 is 16.2 Å². The van der Waals surface area contributed by atoms with Gasteiger partial charge in [-0.3, -0.25) is 25.4 Å². The van der Waals surface area contributed by atoms with Crippen molar-refractivity contribution in [3.63, 3.8) is 0 Å². The number of carbonyl (C=O) groups is 2. The zero-order valence-corrected chi connectivity index (χ0v) is 16.1. The lowest BCUT2D eigenvalue weighted by Gasteiger charge is -2.16. The van der Waals surface area contributed by atoms with Gasteiger partial charge in [-0.05, 0) is 60.9 Å². The highest BCUT2D eigenvalue weighted by Crippen LogP contribution is 2.22. The van der Waals surface area contributed by atoms with Gasteiger partial charge in [0.25, 0.3) is 5.91 Å². The van der Waals surface area contributed by atoms with E-state index in [1.54, 1.807) is 0 Å². The number of carbonyl (C=O) groups excluding carboxylic acids is 2. The number of anilines is 1. The van der Waals surface area contributed by atoms with Gasteiger partial charge in [0.1, 0.15) is 12.4 Å². The molecule has 0 bridgehead atoms. The van der Waals surface area contributed by atoms with Crippen molar-refractivity contribution in [3.05, 3.63) is 63.1 Å². The van der Waals surface area contributed by atoms with Crippen LogP contribution in [0.5, 0.6) is 0 Å². The number of rotatable bonds is 4. The van der Waals surface area contributed by atoms with Crippen molar-refractivity contribution in [2.45, 2.75) is 20.3 Å². The molecule has 7 heteroatoms. The quantitative estimate of drug-likeness (QED) is 0.718. The highest BCUT2D eigenvalue weighted by atomic mass is 79.9. The van der Waals surface area contributed by atoms with Gasteiger partial charge >= 0.3 is 0 Å². The van der Waals surface area contributed by atoms with E-state index < -0.39 is 0 Å². The van der Waals surface area contributed by atoms with Crippen LogP contribution in [0.1, 0.15) is 22.3 Å². The fraction of sp³-hybridized carbons (Fsp3) is 0.211. The first-order valence-electron chi connectivity index (χ1n) is 8.17. The molecule has 0 saturated carbocycles. The second kappa shape index (κ2) is 7.70. The Bertz CT molecular complexity index is 891. The first-order chi connectivity index (χ1) is 12.4. The number of aryl methyl sites for hydroxylation is 2. The molecular weight excluding hydrogens is 396 g/mol. The lowest BCUT2D eigenvalue weighted by molar-refractivity contribution is -0.120. The Balaban J connectivity index is 1.65. The van der Waals surface area contributed by atoms with Crippen molar-refractivity contribution in [1.82, 2.24) is 10.9 Å². The third kappa shape index (κ3) is 4.29. The van der Waals surface area contributed by atoms with Gasteiger partial charge in [-0.15, -0.1) is 0 Å². The summed E-state index contributed by atoms with van der Waals surface area (Å²) in [4.78, 5) is 27.6. The van der Waals surface area contributed by atoms with Crippen LogP contribution in [-0.2, 0) is 16.0 Å². The number of nitrogens with one attached hydrogen (secondary N) is 3. The maximum absolute atomic E-state index is 12.3. The first-order valence-corrected chi connectivity index (χ1v) is 8.97. The minimum Gasteiger partial charge on any atom is -0.326 e. The van der Waals surface area contributed by atoms with Gasteiger partial charge in [-0.25, -0.2) is 0 Å². The van der Waals surface area contributed by atoms with Crippen LogP contribution in [0, 0.1) is 13.8 Å². The molecule has 6 nitrogen and oxygen atoms in total. The normalized spacial score (nSPS) is 13.5. The van der Waals surface area contributed by atoms with Crippen LogP contribution in [0.25, 0.3) is 0 Å². The van der Waals surface area contributed by atoms with E-state index in [9.17, 15) is 9.59 Å². The van der Waals surface area contributed by atoms with Crippen LogP contribution in [0.4, 0.5) is 5.69 Å². The van der Waals surface area contributed by atoms with E-state index in [4.69, 9.17) is 0 Å². The Morgan fingerprint density at radius 3 is 2.50 bits per heavy atom. The molecule has 134 valence electrons. The molecule has 26 heavy (non-hydrogen) atoms. The summed E-state index contributed by atoms with van der Waals surface area (Å²) < 4.78 is 0.939. The van der Waals surface area contributed by atoms with E-state index in [0.29, 0.717) is 17.9 Å². The topological polar surface area (TPSA) is 82.6 Å². The molecule has 1 heterocycles. The Hall–Kier alpha value is -2.67. The number of hydrogen-bond acceptors (Lipinski definition) is 4. The average molecular weight is 415 g/mol. The third-order valence-electron chi connectivity index (χ3n) is 4.16. The second-order valence-electron chi connectivity index (χ2n) is 6.17. The predicted octanol–water partition coefficient (Wildman–Crippen LogP) is 2.63. The molecule has 0 aliphatic carbocycles. The molecule has 2 aromatic carbocycles. The van der Waals surface area contributed by atoms with E-state index in [0.717, 1.165) is 21.2 Å². The van der Waals surface area contributed by atoms with Crippen molar-refractivity contribution in [2.75, 3.05) is 11.9 Å². The maximum Gasteiger partial charge on any atom is 0.260 e. The summed E-state index contributed by atoms with van der Waals surface area (Å²) in [6.45, 7) is 4.18. The van der Waals surface area contributed by atoms with E-state index in [1.807, 2.05) is 50.2 Å².